The van der Waals surface area contributed by atoms with Crippen molar-refractivity contribution in [2.45, 2.75) is 5.75 Å². The van der Waals surface area contributed by atoms with Gasteiger partial charge < -0.3 is 9.88 Å². The maximum Gasteiger partial charge on any atom is 0.273 e. The number of aryl methyl sites for hydroxylation is 1. The van der Waals surface area contributed by atoms with E-state index >= 15 is 0 Å². The lowest BCUT2D eigenvalue weighted by atomic mass is 10.2. The lowest BCUT2D eigenvalue weighted by Crippen LogP contribution is -2.16. The molecule has 1 aromatic carbocycles. The van der Waals surface area contributed by atoms with Crippen LogP contribution in [0.1, 0.15) is 16.1 Å². The highest BCUT2D eigenvalue weighted by atomic mass is 32.2. The van der Waals surface area contributed by atoms with Crippen LogP contribution in [0.15, 0.2) is 36.8 Å². The number of rotatable bonds is 4. The number of nitrogens with one attached hydrogen (secondary N) is 1. The molecule has 1 amide bonds. The number of primary sulfonamides is 1. The third-order valence-electron chi connectivity index (χ3n) is 2.63. The van der Waals surface area contributed by atoms with Gasteiger partial charge in [0.1, 0.15) is 5.69 Å². The first-order valence-corrected chi connectivity index (χ1v) is 7.44. The molecule has 106 valence electrons. The molecule has 0 fully saturated rings. The molecule has 8 heteroatoms. The molecule has 0 aliphatic heterocycles. The van der Waals surface area contributed by atoms with Gasteiger partial charge >= 0.3 is 0 Å². The van der Waals surface area contributed by atoms with Crippen LogP contribution in [-0.4, -0.2) is 23.9 Å². The smallest absolute Gasteiger partial charge is 0.273 e. The van der Waals surface area contributed by atoms with Crippen molar-refractivity contribution >= 4 is 21.6 Å². The summed E-state index contributed by atoms with van der Waals surface area (Å²) in [6.07, 6.45) is 2.99. The second kappa shape index (κ2) is 5.43. The SMILES string of the molecule is Cn1cncc1C(=O)Nc1ccc(CS(N)(=O)=O)cc1. The Bertz CT molecular complexity index is 719. The molecule has 0 saturated heterocycles. The number of benzene rings is 1. The molecule has 20 heavy (non-hydrogen) atoms. The van der Waals surface area contributed by atoms with Crippen LogP contribution in [0, 0.1) is 0 Å². The highest BCUT2D eigenvalue weighted by Gasteiger charge is 2.10. The number of carbonyl (C=O) groups is 1. The fraction of sp³-hybridized carbons (Fsp3) is 0.167. The van der Waals surface area contributed by atoms with E-state index in [1.807, 2.05) is 0 Å². The van der Waals surface area contributed by atoms with E-state index in [1.54, 1.807) is 35.9 Å². The van der Waals surface area contributed by atoms with Crippen LogP contribution in [0.5, 0.6) is 0 Å². The summed E-state index contributed by atoms with van der Waals surface area (Å²) in [7, 11) is -1.83. The van der Waals surface area contributed by atoms with Gasteiger partial charge in [-0.15, -0.1) is 0 Å². The summed E-state index contributed by atoms with van der Waals surface area (Å²) in [4.78, 5) is 15.8. The maximum absolute atomic E-state index is 11.9. The van der Waals surface area contributed by atoms with E-state index in [0.29, 0.717) is 16.9 Å². The standard InChI is InChI=1S/C12H14N4O3S/c1-16-8-14-6-11(16)12(17)15-10-4-2-9(3-5-10)7-20(13,18)19/h2-6,8H,7H2,1H3,(H,15,17)(H2,13,18,19). The zero-order valence-electron chi connectivity index (χ0n) is 10.8. The first-order valence-electron chi connectivity index (χ1n) is 5.72. The summed E-state index contributed by atoms with van der Waals surface area (Å²) in [5.41, 5.74) is 1.55. The largest absolute Gasteiger partial charge is 0.330 e. The predicted octanol–water partition coefficient (Wildman–Crippen LogP) is 0.461. The maximum atomic E-state index is 11.9. The number of sulfonamides is 1. The van der Waals surface area contributed by atoms with Crippen molar-refractivity contribution in [1.82, 2.24) is 9.55 Å². The average Bonchev–Trinajstić information content (AvgIpc) is 2.76. The van der Waals surface area contributed by atoms with Crippen molar-refractivity contribution < 1.29 is 13.2 Å². The Kier molecular flexibility index (Phi) is 3.86. The van der Waals surface area contributed by atoms with E-state index < -0.39 is 10.0 Å². The molecule has 1 aromatic heterocycles. The third-order valence-corrected chi connectivity index (χ3v) is 3.36. The van der Waals surface area contributed by atoms with E-state index in [2.05, 4.69) is 10.3 Å². The number of nitrogens with two attached hydrogens (primary N) is 1. The number of carbonyl (C=O) groups excluding carboxylic acids is 1. The Morgan fingerprint density at radius 1 is 1.35 bits per heavy atom. The lowest BCUT2D eigenvalue weighted by molar-refractivity contribution is 0.101. The van der Waals surface area contributed by atoms with Gasteiger partial charge in [-0.25, -0.2) is 18.5 Å². The second-order valence-electron chi connectivity index (χ2n) is 4.35. The number of anilines is 1. The summed E-state index contributed by atoms with van der Waals surface area (Å²) >= 11 is 0. The number of imidazole rings is 1. The van der Waals surface area contributed by atoms with E-state index in [0.717, 1.165) is 0 Å². The minimum absolute atomic E-state index is 0.233. The summed E-state index contributed by atoms with van der Waals surface area (Å²) in [5, 5.41) is 7.65. The molecule has 7 nitrogen and oxygen atoms in total. The number of aromatic nitrogens is 2. The monoisotopic (exact) mass is 294 g/mol. The van der Waals surface area contributed by atoms with Crippen LogP contribution in [0.2, 0.25) is 0 Å². The van der Waals surface area contributed by atoms with Crippen LogP contribution in [0.25, 0.3) is 0 Å². The fourth-order valence-electron chi connectivity index (χ4n) is 1.69. The molecule has 2 aromatic rings. The normalized spacial score (nSPS) is 11.3. The van der Waals surface area contributed by atoms with Crippen LogP contribution < -0.4 is 10.5 Å². The molecule has 0 bridgehead atoms. The molecule has 2 rings (SSSR count). The Morgan fingerprint density at radius 2 is 2.00 bits per heavy atom. The van der Waals surface area contributed by atoms with Gasteiger partial charge in [-0.3, -0.25) is 4.79 Å². The predicted molar refractivity (Wildman–Crippen MR) is 74.4 cm³/mol. The molecule has 0 radical (unpaired) electrons. The van der Waals surface area contributed by atoms with Gasteiger partial charge in [0, 0.05) is 12.7 Å². The Balaban J connectivity index is 2.08. The van der Waals surface area contributed by atoms with Crippen LogP contribution in [-0.2, 0) is 22.8 Å². The Morgan fingerprint density at radius 3 is 2.50 bits per heavy atom. The van der Waals surface area contributed by atoms with Crippen molar-refractivity contribution in [3.05, 3.63) is 48.0 Å². The van der Waals surface area contributed by atoms with Crippen LogP contribution >= 0.6 is 0 Å². The molecule has 0 aliphatic rings. The zero-order valence-corrected chi connectivity index (χ0v) is 11.6. The number of amides is 1. The molecule has 3 N–H and O–H groups in total. The molecule has 0 atom stereocenters. The van der Waals surface area contributed by atoms with Gasteiger partial charge in [0.15, 0.2) is 0 Å². The van der Waals surface area contributed by atoms with Crippen molar-refractivity contribution in [3.8, 4) is 0 Å². The summed E-state index contributed by atoms with van der Waals surface area (Å²) < 4.78 is 23.5. The van der Waals surface area contributed by atoms with Crippen molar-refractivity contribution in [3.63, 3.8) is 0 Å². The number of nitrogens with zero attached hydrogens (tertiary/aromatic N) is 2. The molecular weight excluding hydrogens is 280 g/mol. The van der Waals surface area contributed by atoms with Gasteiger partial charge in [0.05, 0.1) is 18.3 Å². The Hall–Kier alpha value is -2.19. The van der Waals surface area contributed by atoms with Gasteiger partial charge in [-0.05, 0) is 17.7 Å². The highest BCUT2D eigenvalue weighted by molar-refractivity contribution is 7.88. The second-order valence-corrected chi connectivity index (χ2v) is 5.96. The van der Waals surface area contributed by atoms with Gasteiger partial charge in [0.2, 0.25) is 10.0 Å². The minimum Gasteiger partial charge on any atom is -0.330 e. The first kappa shape index (κ1) is 14.2. The van der Waals surface area contributed by atoms with Crippen molar-refractivity contribution in [2.75, 3.05) is 5.32 Å². The molecule has 0 saturated carbocycles. The van der Waals surface area contributed by atoms with E-state index in [-0.39, 0.29) is 11.7 Å². The topological polar surface area (TPSA) is 107 Å². The molecule has 1 heterocycles. The summed E-state index contributed by atoms with van der Waals surface area (Å²) in [6.45, 7) is 0. The molecule has 0 spiro atoms. The van der Waals surface area contributed by atoms with E-state index in [9.17, 15) is 13.2 Å². The fourth-order valence-corrected chi connectivity index (χ4v) is 2.34. The van der Waals surface area contributed by atoms with Gasteiger partial charge in [-0.2, -0.15) is 0 Å². The van der Waals surface area contributed by atoms with Crippen LogP contribution in [0.3, 0.4) is 0 Å². The summed E-state index contributed by atoms with van der Waals surface area (Å²) in [6, 6.07) is 6.44. The average molecular weight is 294 g/mol. The van der Waals surface area contributed by atoms with Crippen molar-refractivity contribution in [1.29, 1.82) is 0 Å². The molecule has 0 unspecified atom stereocenters. The Labute approximate surface area is 116 Å². The molecule has 0 aliphatic carbocycles. The quantitative estimate of drug-likeness (QED) is 0.854. The zero-order chi connectivity index (χ0) is 14.8. The third kappa shape index (κ3) is 3.65. The lowest BCUT2D eigenvalue weighted by Gasteiger charge is -2.06. The minimum atomic E-state index is -3.55. The summed E-state index contributed by atoms with van der Waals surface area (Å²) in [5.74, 6) is -0.521. The first-order chi connectivity index (χ1) is 9.35. The number of hydrogen-bond donors (Lipinski definition) is 2. The van der Waals surface area contributed by atoms with Crippen LogP contribution in [0.4, 0.5) is 5.69 Å². The molecular formula is C12H14N4O3S. The number of hydrogen-bond acceptors (Lipinski definition) is 4. The van der Waals surface area contributed by atoms with Gasteiger partial charge in [-0.1, -0.05) is 12.1 Å². The van der Waals surface area contributed by atoms with E-state index in [1.165, 1.54) is 12.5 Å². The van der Waals surface area contributed by atoms with Crippen molar-refractivity contribution in [2.24, 2.45) is 12.2 Å². The highest BCUT2D eigenvalue weighted by Crippen LogP contribution is 2.12. The van der Waals surface area contributed by atoms with Gasteiger partial charge in [0.25, 0.3) is 5.91 Å². The van der Waals surface area contributed by atoms with E-state index in [4.69, 9.17) is 5.14 Å².